The van der Waals surface area contributed by atoms with Crippen LogP contribution in [0.25, 0.3) is 66.8 Å². The van der Waals surface area contributed by atoms with E-state index in [1.807, 2.05) is 0 Å². The van der Waals surface area contributed by atoms with Crippen LogP contribution in [-0.2, 0) is 5.41 Å². The molecule has 11 aromatic carbocycles. The second-order valence-corrected chi connectivity index (χ2v) is 17.6. The summed E-state index contributed by atoms with van der Waals surface area (Å²) in [6, 6.07) is 104. The Hall–Kier alpha value is -8.78. The third-order valence-electron chi connectivity index (χ3n) is 13.8. The van der Waals surface area contributed by atoms with Crippen molar-refractivity contribution in [3.8, 4) is 66.8 Å². The second-order valence-electron chi connectivity index (χ2n) is 17.6. The van der Waals surface area contributed by atoms with Crippen molar-refractivity contribution in [2.75, 3.05) is 4.90 Å². The van der Waals surface area contributed by atoms with Crippen molar-refractivity contribution < 1.29 is 0 Å². The normalized spacial score (nSPS) is 12.2. The summed E-state index contributed by atoms with van der Waals surface area (Å²) in [6.07, 6.45) is 0. The van der Waals surface area contributed by atoms with Crippen molar-refractivity contribution in [3.63, 3.8) is 0 Å². The Morgan fingerprint density at radius 3 is 1.03 bits per heavy atom. The molecule has 68 heavy (non-hydrogen) atoms. The van der Waals surface area contributed by atoms with Crippen LogP contribution >= 0.6 is 0 Å². The maximum atomic E-state index is 2.49. The van der Waals surface area contributed by atoms with Gasteiger partial charge in [-0.05, 0) is 144 Å². The van der Waals surface area contributed by atoms with Gasteiger partial charge in [0.2, 0.25) is 0 Å². The summed E-state index contributed by atoms with van der Waals surface area (Å²) in [4.78, 5) is 2.34. The van der Waals surface area contributed by atoms with Crippen LogP contribution in [0.2, 0.25) is 0 Å². The molecule has 0 unspecified atom stereocenters. The van der Waals surface area contributed by atoms with Gasteiger partial charge < -0.3 is 4.90 Å². The molecule has 0 spiro atoms. The Balaban J connectivity index is 1.04. The lowest BCUT2D eigenvalue weighted by atomic mass is 9.66. The Labute approximate surface area is 399 Å². The number of rotatable bonds is 10. The third-order valence-corrected chi connectivity index (χ3v) is 13.8. The molecule has 0 saturated heterocycles. The van der Waals surface area contributed by atoms with Crippen LogP contribution in [0.1, 0.15) is 22.3 Å². The van der Waals surface area contributed by atoms with Gasteiger partial charge in [0.05, 0.1) is 5.41 Å². The molecule has 0 bridgehead atoms. The van der Waals surface area contributed by atoms with Gasteiger partial charge in [0.15, 0.2) is 0 Å². The van der Waals surface area contributed by atoms with Gasteiger partial charge in [-0.15, -0.1) is 0 Å². The van der Waals surface area contributed by atoms with Crippen LogP contribution in [0.5, 0.6) is 0 Å². The lowest BCUT2D eigenvalue weighted by molar-refractivity contribution is 0.769. The van der Waals surface area contributed by atoms with Crippen LogP contribution in [0.15, 0.2) is 285 Å². The SMILES string of the molecule is c1ccc(-c2ccc(N(c3ccccc3)c3ccc(-c4ccc(C5(c6ccccc6)c6cc(-c7ccccc7)ccc6-c6ccc(-c7ccccc7)cc65)cc4-c4ccccc4)cc3)cc2)cc1. The van der Waals surface area contributed by atoms with E-state index in [1.165, 1.54) is 83.5 Å². The van der Waals surface area contributed by atoms with E-state index in [-0.39, 0.29) is 0 Å². The molecule has 0 fully saturated rings. The summed E-state index contributed by atoms with van der Waals surface area (Å²) < 4.78 is 0. The van der Waals surface area contributed by atoms with E-state index < -0.39 is 5.41 Å². The van der Waals surface area contributed by atoms with Gasteiger partial charge >= 0.3 is 0 Å². The van der Waals surface area contributed by atoms with Crippen molar-refractivity contribution in [1.29, 1.82) is 0 Å². The Kier molecular flexibility index (Phi) is 10.5. The molecule has 0 aromatic heterocycles. The fourth-order valence-corrected chi connectivity index (χ4v) is 10.6. The van der Waals surface area contributed by atoms with E-state index in [1.54, 1.807) is 0 Å². The molecule has 11 aromatic rings. The van der Waals surface area contributed by atoms with E-state index in [9.17, 15) is 0 Å². The first-order chi connectivity index (χ1) is 33.7. The van der Waals surface area contributed by atoms with Crippen LogP contribution in [-0.4, -0.2) is 0 Å². The first-order valence-corrected chi connectivity index (χ1v) is 23.5. The van der Waals surface area contributed by atoms with Crippen molar-refractivity contribution in [3.05, 3.63) is 307 Å². The molecule has 0 aliphatic heterocycles. The van der Waals surface area contributed by atoms with E-state index in [0.29, 0.717) is 0 Å². The number of anilines is 3. The summed E-state index contributed by atoms with van der Waals surface area (Å²) in [5, 5.41) is 0. The lowest BCUT2D eigenvalue weighted by Crippen LogP contribution is -2.28. The zero-order chi connectivity index (χ0) is 45.3. The summed E-state index contributed by atoms with van der Waals surface area (Å²) in [5.74, 6) is 0. The minimum atomic E-state index is -0.625. The van der Waals surface area contributed by atoms with Crippen molar-refractivity contribution in [2.45, 2.75) is 5.41 Å². The molecule has 0 heterocycles. The van der Waals surface area contributed by atoms with Gasteiger partial charge in [-0.25, -0.2) is 0 Å². The molecule has 1 nitrogen and oxygen atoms in total. The van der Waals surface area contributed by atoms with Crippen LogP contribution in [0.4, 0.5) is 17.1 Å². The smallest absolute Gasteiger partial charge is 0.0714 e. The molecule has 12 rings (SSSR count). The van der Waals surface area contributed by atoms with Gasteiger partial charge in [0.25, 0.3) is 0 Å². The highest BCUT2D eigenvalue weighted by Crippen LogP contribution is 2.58. The zero-order valence-corrected chi connectivity index (χ0v) is 37.6. The largest absolute Gasteiger partial charge is 0.311 e. The molecule has 1 heteroatoms. The standard InChI is InChI=1S/C67H47N/c1-7-19-48(20-8-1)51-31-38-59(39-32-51)68(58-29-17-6-18-30-58)60-40-33-53(34-41-60)61-44-37-57(47-64(61)52-25-13-4-14-26-52)67(56-27-15-5-16-28-56)65-45-54(49-21-9-2-10-22-49)35-42-62(65)63-43-36-55(46-66(63)67)50-23-11-3-12-24-50/h1-47H. The number of fused-ring (bicyclic) bond motifs is 3. The average Bonchev–Trinajstić information content (AvgIpc) is 3.72. The Bertz CT molecular complexity index is 3410. The second kappa shape index (κ2) is 17.5. The summed E-state index contributed by atoms with van der Waals surface area (Å²) >= 11 is 0. The predicted octanol–water partition coefficient (Wildman–Crippen LogP) is 17.9. The first-order valence-electron chi connectivity index (χ1n) is 23.5. The molecular formula is C67H47N. The van der Waals surface area contributed by atoms with Crippen LogP contribution < -0.4 is 4.90 Å². The molecule has 0 atom stereocenters. The molecule has 1 aliphatic carbocycles. The Morgan fingerprint density at radius 2 is 0.544 bits per heavy atom. The molecule has 0 saturated carbocycles. The molecule has 0 amide bonds. The van der Waals surface area contributed by atoms with Gasteiger partial charge in [0.1, 0.15) is 0 Å². The minimum absolute atomic E-state index is 0.625. The summed E-state index contributed by atoms with van der Waals surface area (Å²) in [6.45, 7) is 0. The van der Waals surface area contributed by atoms with Crippen molar-refractivity contribution >= 4 is 17.1 Å². The summed E-state index contributed by atoms with van der Waals surface area (Å²) in [7, 11) is 0. The third kappa shape index (κ3) is 7.22. The highest BCUT2D eigenvalue weighted by molar-refractivity contribution is 5.92. The summed E-state index contributed by atoms with van der Waals surface area (Å²) in [5.41, 5.74) is 22.2. The Morgan fingerprint density at radius 1 is 0.206 bits per heavy atom. The van der Waals surface area contributed by atoms with Gasteiger partial charge in [-0.3, -0.25) is 0 Å². The molecule has 1 aliphatic rings. The fraction of sp³-hybridized carbons (Fsp3) is 0.0149. The van der Waals surface area contributed by atoms with E-state index in [4.69, 9.17) is 0 Å². The van der Waals surface area contributed by atoms with Gasteiger partial charge in [-0.1, -0.05) is 231 Å². The number of hydrogen-bond acceptors (Lipinski definition) is 1. The molecule has 0 N–H and O–H groups in total. The quantitative estimate of drug-likeness (QED) is 0.132. The van der Waals surface area contributed by atoms with Crippen molar-refractivity contribution in [2.24, 2.45) is 0 Å². The van der Waals surface area contributed by atoms with Gasteiger partial charge in [-0.2, -0.15) is 0 Å². The van der Waals surface area contributed by atoms with Crippen LogP contribution in [0, 0.1) is 0 Å². The molecular weight excluding hydrogens is 819 g/mol. The maximum absolute atomic E-state index is 2.49. The number of hydrogen-bond donors (Lipinski definition) is 0. The molecule has 0 radical (unpaired) electrons. The highest BCUT2D eigenvalue weighted by Gasteiger charge is 2.47. The minimum Gasteiger partial charge on any atom is -0.311 e. The first kappa shape index (κ1) is 40.7. The number of para-hydroxylation sites is 1. The topological polar surface area (TPSA) is 3.24 Å². The fourth-order valence-electron chi connectivity index (χ4n) is 10.6. The highest BCUT2D eigenvalue weighted by atomic mass is 15.1. The predicted molar refractivity (Wildman–Crippen MR) is 286 cm³/mol. The average molecular weight is 866 g/mol. The molecule has 320 valence electrons. The van der Waals surface area contributed by atoms with E-state index >= 15 is 0 Å². The number of benzene rings is 11. The van der Waals surface area contributed by atoms with E-state index in [0.717, 1.165) is 22.6 Å². The van der Waals surface area contributed by atoms with Gasteiger partial charge in [0, 0.05) is 17.1 Å². The monoisotopic (exact) mass is 865 g/mol. The van der Waals surface area contributed by atoms with E-state index in [2.05, 4.69) is 290 Å². The maximum Gasteiger partial charge on any atom is 0.0714 e. The van der Waals surface area contributed by atoms with Crippen molar-refractivity contribution in [1.82, 2.24) is 0 Å². The zero-order valence-electron chi connectivity index (χ0n) is 37.6. The van der Waals surface area contributed by atoms with Crippen LogP contribution in [0.3, 0.4) is 0 Å². The lowest BCUT2D eigenvalue weighted by Gasteiger charge is -2.35. The number of nitrogens with zero attached hydrogens (tertiary/aromatic N) is 1.